The number of hydrogen-bond donors (Lipinski definition) is 3. The Morgan fingerprint density at radius 3 is 2.44 bits per heavy atom. The largest absolute Gasteiger partial charge is 0.494 e. The average Bonchev–Trinajstić information content (AvgIpc) is 3.48. The lowest BCUT2D eigenvalue weighted by molar-refractivity contribution is -0.122. The van der Waals surface area contributed by atoms with Gasteiger partial charge in [0.05, 0.1) is 34.6 Å². The van der Waals surface area contributed by atoms with Gasteiger partial charge in [0.1, 0.15) is 12.4 Å². The highest BCUT2D eigenvalue weighted by atomic mass is 19.1. The highest BCUT2D eigenvalue weighted by Crippen LogP contribution is 2.33. The summed E-state index contributed by atoms with van der Waals surface area (Å²) in [5.41, 5.74) is 8.74. The highest BCUT2D eigenvalue weighted by Gasteiger charge is 2.27. The van der Waals surface area contributed by atoms with E-state index in [2.05, 4.69) is 4.98 Å². The van der Waals surface area contributed by atoms with E-state index in [0.29, 0.717) is 58.0 Å². The first-order valence-corrected chi connectivity index (χ1v) is 12.3. The van der Waals surface area contributed by atoms with E-state index in [1.807, 2.05) is 0 Å². The van der Waals surface area contributed by atoms with Gasteiger partial charge in [0.15, 0.2) is 5.88 Å². The molecule has 0 aliphatic carbocycles. The van der Waals surface area contributed by atoms with Crippen LogP contribution in [0.5, 0.6) is 5.88 Å². The van der Waals surface area contributed by atoms with Crippen LogP contribution in [0.4, 0.5) is 26.2 Å². The topological polar surface area (TPSA) is 124 Å². The molecule has 3 aromatic carbocycles. The summed E-state index contributed by atoms with van der Waals surface area (Å²) in [4.78, 5) is 35.3. The number of hydrogen-bond acceptors (Lipinski definition) is 6. The fourth-order valence-corrected chi connectivity index (χ4v) is 4.52. The van der Waals surface area contributed by atoms with Crippen LogP contribution in [0.2, 0.25) is 0 Å². The molecule has 1 fully saturated rings. The first kappa shape index (κ1) is 25.9. The fourth-order valence-electron chi connectivity index (χ4n) is 4.52. The van der Waals surface area contributed by atoms with Crippen molar-refractivity contribution in [2.75, 3.05) is 30.0 Å². The molecular weight excluding hydrogens is 501 g/mol. The third-order valence-corrected chi connectivity index (χ3v) is 6.52. The number of nitrogens with one attached hydrogen (secondary N) is 1. The second-order valence-corrected chi connectivity index (χ2v) is 9.91. The predicted octanol–water partition coefficient (Wildman–Crippen LogP) is 4.84. The maximum atomic E-state index is 13.9. The molecule has 0 saturated carbocycles. The van der Waals surface area contributed by atoms with Crippen LogP contribution in [-0.2, 0) is 9.53 Å². The second kappa shape index (κ2) is 9.88. The Bertz CT molecular complexity index is 1590. The van der Waals surface area contributed by atoms with E-state index >= 15 is 0 Å². The molecule has 0 bridgehead atoms. The monoisotopic (exact) mass is 529 g/mol. The van der Waals surface area contributed by atoms with E-state index in [9.17, 15) is 19.1 Å². The van der Waals surface area contributed by atoms with E-state index in [1.165, 1.54) is 21.9 Å². The molecule has 2 amide bonds. The lowest BCUT2D eigenvalue weighted by Crippen LogP contribution is -2.49. The first-order chi connectivity index (χ1) is 18.5. The summed E-state index contributed by atoms with van der Waals surface area (Å²) in [5, 5.41) is 11.5. The summed E-state index contributed by atoms with van der Waals surface area (Å²) in [7, 11) is 1.65. The maximum absolute atomic E-state index is 13.9. The van der Waals surface area contributed by atoms with Crippen molar-refractivity contribution in [2.24, 2.45) is 10.7 Å². The van der Waals surface area contributed by atoms with Crippen LogP contribution >= 0.6 is 0 Å². The minimum atomic E-state index is -1.02. The van der Waals surface area contributed by atoms with Gasteiger partial charge >= 0.3 is 6.09 Å². The molecule has 0 radical (unpaired) electrons. The number of aromatic hydroxyl groups is 1. The zero-order valence-corrected chi connectivity index (χ0v) is 21.7. The number of anilines is 2. The number of carbonyl (C=O) groups is 2. The molecule has 1 aliphatic rings. The molecule has 0 unspecified atom stereocenters. The number of cyclic esters (lactones) is 1. The summed E-state index contributed by atoms with van der Waals surface area (Å²) in [6.07, 6.45) is -0.408. The molecule has 0 atom stereocenters. The van der Waals surface area contributed by atoms with Crippen LogP contribution < -0.4 is 15.5 Å². The fraction of sp³-hybridized carbons (Fsp3) is 0.207. The third kappa shape index (κ3) is 5.06. The summed E-state index contributed by atoms with van der Waals surface area (Å²) < 4.78 is 18.9. The summed E-state index contributed by atoms with van der Waals surface area (Å²) in [5.74, 6) is -0.836. The van der Waals surface area contributed by atoms with Crippen LogP contribution in [0, 0.1) is 5.82 Å². The first-order valence-electron chi connectivity index (χ1n) is 12.3. The molecule has 1 aliphatic heterocycles. The number of H-pyrrole nitrogens is 1. The zero-order valence-electron chi connectivity index (χ0n) is 21.7. The van der Waals surface area contributed by atoms with Gasteiger partial charge in [-0.05, 0) is 68.4 Å². The van der Waals surface area contributed by atoms with Gasteiger partial charge in [-0.1, -0.05) is 12.1 Å². The van der Waals surface area contributed by atoms with Crippen molar-refractivity contribution in [1.82, 2.24) is 4.98 Å². The van der Waals surface area contributed by atoms with E-state index < -0.39 is 17.4 Å². The number of ether oxygens (including phenoxy) is 1. The molecular formula is C29H28FN5O4. The Hall–Kier alpha value is -4.70. The van der Waals surface area contributed by atoms with Crippen molar-refractivity contribution >= 4 is 45.7 Å². The van der Waals surface area contributed by atoms with Crippen LogP contribution in [0.3, 0.4) is 0 Å². The van der Waals surface area contributed by atoms with Gasteiger partial charge in [-0.15, -0.1) is 0 Å². The van der Waals surface area contributed by atoms with Crippen LogP contribution in [0.1, 0.15) is 25.0 Å². The highest BCUT2D eigenvalue weighted by molar-refractivity contribution is 6.22. The van der Waals surface area contributed by atoms with Crippen molar-refractivity contribution in [3.05, 3.63) is 83.7 Å². The maximum Gasteiger partial charge on any atom is 0.414 e. The molecule has 10 heteroatoms. The lowest BCUT2D eigenvalue weighted by atomic mass is 10.00. The molecule has 1 saturated heterocycles. The van der Waals surface area contributed by atoms with Gasteiger partial charge in [0.25, 0.3) is 0 Å². The molecule has 4 aromatic rings. The SMILES string of the molecule is CN(C(=O)C(C)(C)N)c1ccc(N=C(c2ccc(N3CCOC3=O)cc2)c2c(O)[nH]c3cc(F)ccc23)cc1. The quantitative estimate of drug-likeness (QED) is 0.309. The molecule has 39 heavy (non-hydrogen) atoms. The van der Waals surface area contributed by atoms with E-state index in [-0.39, 0.29) is 11.8 Å². The number of rotatable bonds is 6. The Morgan fingerprint density at radius 1 is 1.13 bits per heavy atom. The van der Waals surface area contributed by atoms with E-state index in [4.69, 9.17) is 15.5 Å². The zero-order chi connectivity index (χ0) is 27.9. The van der Waals surface area contributed by atoms with Crippen LogP contribution in [-0.4, -0.2) is 53.5 Å². The minimum Gasteiger partial charge on any atom is -0.494 e. The average molecular weight is 530 g/mol. The van der Waals surface area contributed by atoms with Crippen molar-refractivity contribution in [1.29, 1.82) is 0 Å². The molecule has 2 heterocycles. The number of aromatic nitrogens is 1. The number of carbonyl (C=O) groups excluding carboxylic acids is 2. The van der Waals surface area contributed by atoms with Crippen molar-refractivity contribution in [3.63, 3.8) is 0 Å². The standard InChI is InChI=1S/C29H28FN5O4/c1-29(2,31)27(37)34(3)20-11-7-19(8-12-20)32-25(24-22-13-6-18(30)16-23(22)33-26(24)36)17-4-9-21(10-5-17)35-14-15-39-28(35)38/h4-13,16,33,36H,14-15,31H2,1-3H3. The van der Waals surface area contributed by atoms with E-state index in [1.54, 1.807) is 75.5 Å². The van der Waals surface area contributed by atoms with Crippen molar-refractivity contribution in [2.45, 2.75) is 19.4 Å². The predicted molar refractivity (Wildman–Crippen MR) is 148 cm³/mol. The number of likely N-dealkylation sites (N-methyl/N-ethyl adjacent to an activating group) is 1. The Morgan fingerprint density at radius 2 is 1.82 bits per heavy atom. The van der Waals surface area contributed by atoms with Gasteiger partial charge in [-0.25, -0.2) is 14.2 Å². The van der Waals surface area contributed by atoms with Crippen molar-refractivity contribution in [3.8, 4) is 5.88 Å². The normalized spacial score (nSPS) is 14.1. The number of aliphatic imine (C=N–C) groups is 1. The smallest absolute Gasteiger partial charge is 0.414 e. The molecule has 4 N–H and O–H groups in total. The molecule has 200 valence electrons. The molecule has 1 aromatic heterocycles. The summed E-state index contributed by atoms with van der Waals surface area (Å²) >= 11 is 0. The molecule has 5 rings (SSSR count). The van der Waals surface area contributed by atoms with Crippen molar-refractivity contribution < 1.29 is 23.8 Å². The van der Waals surface area contributed by atoms with Gasteiger partial charge < -0.3 is 25.5 Å². The number of benzene rings is 3. The van der Waals surface area contributed by atoms with Gasteiger partial charge in [0, 0.05) is 29.4 Å². The molecule has 9 nitrogen and oxygen atoms in total. The Balaban J connectivity index is 1.58. The van der Waals surface area contributed by atoms with Crippen LogP contribution in [0.15, 0.2) is 71.7 Å². The number of amides is 2. The van der Waals surface area contributed by atoms with E-state index in [0.717, 1.165) is 0 Å². The number of nitrogens with two attached hydrogens (primary N) is 1. The number of aromatic amines is 1. The Labute approximate surface area is 224 Å². The minimum absolute atomic E-state index is 0.159. The third-order valence-electron chi connectivity index (χ3n) is 6.52. The summed E-state index contributed by atoms with van der Waals surface area (Å²) in [6, 6.07) is 18.4. The summed E-state index contributed by atoms with van der Waals surface area (Å²) in [6.45, 7) is 4.08. The number of nitrogens with zero attached hydrogens (tertiary/aromatic N) is 3. The van der Waals surface area contributed by atoms with Gasteiger partial charge in [-0.2, -0.15) is 0 Å². The van der Waals surface area contributed by atoms with Gasteiger partial charge in [0.2, 0.25) is 5.91 Å². The van der Waals surface area contributed by atoms with Crippen LogP contribution in [0.25, 0.3) is 10.9 Å². The number of halogens is 1. The van der Waals surface area contributed by atoms with Gasteiger partial charge in [-0.3, -0.25) is 9.69 Å². The molecule has 0 spiro atoms. The second-order valence-electron chi connectivity index (χ2n) is 9.91. The number of fused-ring (bicyclic) bond motifs is 1. The Kier molecular flexibility index (Phi) is 6.57. The lowest BCUT2D eigenvalue weighted by Gasteiger charge is -2.25.